The van der Waals surface area contributed by atoms with Crippen LogP contribution in [0, 0.1) is 19.8 Å². The number of aryl methyl sites for hydroxylation is 3. The lowest BCUT2D eigenvalue weighted by molar-refractivity contribution is 0.483. The van der Waals surface area contributed by atoms with E-state index in [1.807, 2.05) is 23.0 Å². The summed E-state index contributed by atoms with van der Waals surface area (Å²) in [5.74, 6) is 1.30. The lowest BCUT2D eigenvalue weighted by atomic mass is 10.1. The summed E-state index contributed by atoms with van der Waals surface area (Å²) < 4.78 is 4.62. The highest BCUT2D eigenvalue weighted by Crippen LogP contribution is 2.32. The molecule has 0 saturated heterocycles. The van der Waals surface area contributed by atoms with Crippen LogP contribution < -0.4 is 5.69 Å². The van der Waals surface area contributed by atoms with Crippen LogP contribution in [-0.2, 0) is 19.3 Å². The molecule has 0 aliphatic carbocycles. The molecule has 2 aromatic carbocycles. The third kappa shape index (κ3) is 4.55. The van der Waals surface area contributed by atoms with Crippen molar-refractivity contribution in [2.75, 3.05) is 0 Å². The number of aromatic nitrogens is 6. The number of rotatable bonds is 7. The summed E-state index contributed by atoms with van der Waals surface area (Å²) in [6.07, 6.45) is 4.04. The molecule has 0 bridgehead atoms. The molecule has 4 rings (SSSR count). The Morgan fingerprint density at radius 3 is 2.53 bits per heavy atom. The number of nitrogens with zero attached hydrogens (tertiary/aromatic N) is 6. The largest absolute Gasteiger partial charge is 0.368 e. The van der Waals surface area contributed by atoms with Gasteiger partial charge in [-0.3, -0.25) is 4.68 Å². The molecule has 0 spiro atoms. The summed E-state index contributed by atoms with van der Waals surface area (Å²) in [5, 5.41) is 12.4. The van der Waals surface area contributed by atoms with Crippen molar-refractivity contribution in [3.8, 4) is 16.8 Å². The Morgan fingerprint density at radius 1 is 1.03 bits per heavy atom. The standard InChI is InChI=1S/C24H28N6OS/c1-16(2)13-29-14-20(12-25-29)19-9-10-23(18(4)11-19)32-15-21-17(3)7-6-8-22(21)30-24(31)28(5)26-27-30/h6-12,14,16H,13,15H2,1-5H3. The molecule has 0 fully saturated rings. The minimum absolute atomic E-state index is 0.250. The zero-order chi connectivity index (χ0) is 22.8. The molecule has 0 N–H and O–H groups in total. The predicted octanol–water partition coefficient (Wildman–Crippen LogP) is 4.39. The van der Waals surface area contributed by atoms with Gasteiger partial charge in [-0.15, -0.1) is 11.8 Å². The first-order chi connectivity index (χ1) is 15.3. The lowest BCUT2D eigenvalue weighted by Gasteiger charge is -2.13. The van der Waals surface area contributed by atoms with Crippen molar-refractivity contribution in [2.45, 2.75) is 44.9 Å². The predicted molar refractivity (Wildman–Crippen MR) is 128 cm³/mol. The average molecular weight is 449 g/mol. The van der Waals surface area contributed by atoms with Crippen molar-refractivity contribution in [2.24, 2.45) is 13.0 Å². The molecule has 0 aliphatic rings. The van der Waals surface area contributed by atoms with Crippen molar-refractivity contribution >= 4 is 11.8 Å². The molecule has 0 radical (unpaired) electrons. The summed E-state index contributed by atoms with van der Waals surface area (Å²) in [6, 6.07) is 12.5. The molecule has 2 aromatic heterocycles. The molecule has 0 saturated carbocycles. The summed E-state index contributed by atoms with van der Waals surface area (Å²) in [4.78, 5) is 13.6. The van der Waals surface area contributed by atoms with Gasteiger partial charge in [0, 0.05) is 36.0 Å². The number of hydrogen-bond donors (Lipinski definition) is 0. The van der Waals surface area contributed by atoms with Crippen LogP contribution >= 0.6 is 11.8 Å². The van der Waals surface area contributed by atoms with Crippen LogP contribution in [0.3, 0.4) is 0 Å². The van der Waals surface area contributed by atoms with Gasteiger partial charge in [0.05, 0.1) is 11.9 Å². The van der Waals surface area contributed by atoms with Crippen LogP contribution in [0.4, 0.5) is 0 Å². The summed E-state index contributed by atoms with van der Waals surface area (Å²) in [6.45, 7) is 9.50. The second-order valence-electron chi connectivity index (χ2n) is 8.48. The molecule has 0 amide bonds. The Balaban J connectivity index is 1.56. The Hall–Kier alpha value is -3.13. The normalized spacial score (nSPS) is 11.4. The highest BCUT2D eigenvalue weighted by Gasteiger charge is 2.14. The van der Waals surface area contributed by atoms with E-state index >= 15 is 0 Å². The first-order valence-electron chi connectivity index (χ1n) is 10.7. The van der Waals surface area contributed by atoms with E-state index in [4.69, 9.17) is 0 Å². The van der Waals surface area contributed by atoms with Gasteiger partial charge < -0.3 is 0 Å². The third-order valence-electron chi connectivity index (χ3n) is 5.40. The first-order valence-corrected chi connectivity index (χ1v) is 11.7. The lowest BCUT2D eigenvalue weighted by Crippen LogP contribution is -2.23. The van der Waals surface area contributed by atoms with E-state index < -0.39 is 0 Å². The quantitative estimate of drug-likeness (QED) is 0.392. The van der Waals surface area contributed by atoms with Gasteiger partial charge >= 0.3 is 5.69 Å². The van der Waals surface area contributed by atoms with Crippen LogP contribution in [0.5, 0.6) is 0 Å². The molecule has 7 nitrogen and oxygen atoms in total. The fourth-order valence-corrected chi connectivity index (χ4v) is 4.79. The molecule has 166 valence electrons. The van der Waals surface area contributed by atoms with Gasteiger partial charge in [-0.1, -0.05) is 38.1 Å². The minimum Gasteiger partial charge on any atom is -0.272 e. The number of hydrogen-bond acceptors (Lipinski definition) is 5. The van der Waals surface area contributed by atoms with Gasteiger partial charge in [0.2, 0.25) is 0 Å². The van der Waals surface area contributed by atoms with Crippen LogP contribution in [0.15, 0.2) is 58.5 Å². The minimum atomic E-state index is -0.250. The van der Waals surface area contributed by atoms with E-state index in [2.05, 4.69) is 73.7 Å². The highest BCUT2D eigenvalue weighted by molar-refractivity contribution is 7.98. The molecule has 2 heterocycles. The van der Waals surface area contributed by atoms with Crippen LogP contribution in [0.1, 0.15) is 30.5 Å². The zero-order valence-electron chi connectivity index (χ0n) is 19.1. The first kappa shape index (κ1) is 22.1. The Bertz CT molecular complexity index is 1300. The number of benzene rings is 2. The van der Waals surface area contributed by atoms with Gasteiger partial charge in [-0.2, -0.15) is 14.5 Å². The monoisotopic (exact) mass is 448 g/mol. The Kier molecular flexibility index (Phi) is 6.32. The maximum absolute atomic E-state index is 12.4. The van der Waals surface area contributed by atoms with Gasteiger partial charge in [0.15, 0.2) is 0 Å². The maximum Gasteiger partial charge on any atom is 0.368 e. The van der Waals surface area contributed by atoms with Crippen molar-refractivity contribution in [3.63, 3.8) is 0 Å². The Labute approximate surface area is 192 Å². The van der Waals surface area contributed by atoms with Crippen molar-refractivity contribution < 1.29 is 0 Å². The summed E-state index contributed by atoms with van der Waals surface area (Å²) in [5.41, 5.74) is 6.26. The van der Waals surface area contributed by atoms with Crippen LogP contribution in [-0.4, -0.2) is 29.6 Å². The van der Waals surface area contributed by atoms with Gasteiger partial charge in [-0.25, -0.2) is 4.79 Å². The fraction of sp³-hybridized carbons (Fsp3) is 0.333. The van der Waals surface area contributed by atoms with Crippen molar-refractivity contribution in [3.05, 3.63) is 76.0 Å². The van der Waals surface area contributed by atoms with E-state index in [9.17, 15) is 4.79 Å². The summed E-state index contributed by atoms with van der Waals surface area (Å²) >= 11 is 1.76. The van der Waals surface area contributed by atoms with E-state index in [0.717, 1.165) is 34.7 Å². The maximum atomic E-state index is 12.4. The van der Waals surface area contributed by atoms with Crippen molar-refractivity contribution in [1.29, 1.82) is 0 Å². The second kappa shape index (κ2) is 9.16. The molecule has 0 atom stereocenters. The molecular formula is C24H28N6OS. The molecule has 8 heteroatoms. The van der Waals surface area contributed by atoms with Gasteiger partial charge in [-0.05, 0) is 64.6 Å². The Morgan fingerprint density at radius 2 is 1.84 bits per heavy atom. The van der Waals surface area contributed by atoms with Crippen molar-refractivity contribution in [1.82, 2.24) is 29.6 Å². The van der Waals surface area contributed by atoms with E-state index in [-0.39, 0.29) is 5.69 Å². The number of tetrazole rings is 1. The fourth-order valence-electron chi connectivity index (χ4n) is 3.67. The molecular weight excluding hydrogens is 420 g/mol. The smallest absolute Gasteiger partial charge is 0.272 e. The molecule has 4 aromatic rings. The van der Waals surface area contributed by atoms with Crippen LogP contribution in [0.25, 0.3) is 16.8 Å². The van der Waals surface area contributed by atoms with E-state index in [0.29, 0.717) is 5.92 Å². The van der Waals surface area contributed by atoms with E-state index in [1.54, 1.807) is 18.8 Å². The number of thioether (sulfide) groups is 1. The van der Waals surface area contributed by atoms with Gasteiger partial charge in [0.25, 0.3) is 0 Å². The SMILES string of the molecule is Cc1cc(-c2cnn(CC(C)C)c2)ccc1SCc1c(C)cccc1-n1nnn(C)c1=O. The highest BCUT2D eigenvalue weighted by atomic mass is 32.2. The molecule has 0 aliphatic heterocycles. The van der Waals surface area contributed by atoms with Crippen LogP contribution in [0.2, 0.25) is 0 Å². The zero-order valence-corrected chi connectivity index (χ0v) is 19.9. The van der Waals surface area contributed by atoms with E-state index in [1.165, 1.54) is 25.4 Å². The second-order valence-corrected chi connectivity index (χ2v) is 9.50. The topological polar surface area (TPSA) is 70.5 Å². The molecule has 0 unspecified atom stereocenters. The van der Waals surface area contributed by atoms with Gasteiger partial charge in [0.1, 0.15) is 0 Å². The average Bonchev–Trinajstić information content (AvgIpc) is 3.34. The molecule has 32 heavy (non-hydrogen) atoms. The third-order valence-corrected chi connectivity index (χ3v) is 6.60. The summed E-state index contributed by atoms with van der Waals surface area (Å²) in [7, 11) is 1.60.